The monoisotopic (exact) mass is 699 g/mol. The Kier molecular flexibility index (Phi) is 7.92. The molecular weight excluding hydrogens is 672 g/mol. The Labute approximate surface area is 285 Å². The van der Waals surface area contributed by atoms with Gasteiger partial charge in [0, 0.05) is 29.4 Å². The normalized spacial score (nSPS) is 15.2. The van der Waals surface area contributed by atoms with Crippen molar-refractivity contribution >= 4 is 49.7 Å². The SMILES string of the molecule is Cc1ccc(-c2csc3nc(SCc4cc(=O)n5[nH]c(C(F)(F)F)c(-c6cccc7ccccc67)c5n4)n(CC4CCCO4)c(=O)c23)cc1. The standard InChI is InChI=1S/C36H28F3N5O3S2/c1-20-11-13-22(14-12-20)27-19-48-33-30(27)34(46)43(17-24-8-5-15-47-24)35(41-33)49-18-23-16-28(45)44-32(40-23)29(31(42-44)36(37,38)39)26-10-4-7-21-6-2-3-9-25(21)26/h2-4,6-7,9-14,16,19,24,42H,5,8,15,17-18H2,1H3. The fraction of sp³-hybridized carbons (Fsp3) is 0.222. The predicted molar refractivity (Wildman–Crippen MR) is 186 cm³/mol. The van der Waals surface area contributed by atoms with Crippen molar-refractivity contribution in [3.8, 4) is 22.3 Å². The van der Waals surface area contributed by atoms with Crippen molar-refractivity contribution in [2.24, 2.45) is 0 Å². The molecule has 7 aromatic rings. The van der Waals surface area contributed by atoms with Crippen molar-refractivity contribution in [2.45, 2.75) is 49.5 Å². The lowest BCUT2D eigenvalue weighted by Gasteiger charge is -2.16. The lowest BCUT2D eigenvalue weighted by molar-refractivity contribution is -0.140. The molecule has 0 spiro atoms. The maximum absolute atomic E-state index is 14.5. The summed E-state index contributed by atoms with van der Waals surface area (Å²) in [6.45, 7) is 2.93. The Morgan fingerprint density at radius 2 is 1.82 bits per heavy atom. The van der Waals surface area contributed by atoms with Crippen LogP contribution < -0.4 is 11.1 Å². The molecule has 1 aliphatic heterocycles. The van der Waals surface area contributed by atoms with Gasteiger partial charge in [0.1, 0.15) is 10.5 Å². The molecule has 0 saturated carbocycles. The largest absolute Gasteiger partial charge is 0.433 e. The van der Waals surface area contributed by atoms with E-state index in [1.807, 2.05) is 54.8 Å². The van der Waals surface area contributed by atoms with Gasteiger partial charge >= 0.3 is 6.18 Å². The number of fused-ring (bicyclic) bond motifs is 3. The minimum atomic E-state index is -4.78. The van der Waals surface area contributed by atoms with E-state index in [0.717, 1.165) is 39.4 Å². The van der Waals surface area contributed by atoms with Crippen LogP contribution in [0.4, 0.5) is 13.2 Å². The fourth-order valence-corrected chi connectivity index (χ4v) is 8.31. The van der Waals surface area contributed by atoms with Gasteiger partial charge in [-0.1, -0.05) is 84.1 Å². The molecule has 0 aliphatic carbocycles. The van der Waals surface area contributed by atoms with Crippen molar-refractivity contribution < 1.29 is 17.9 Å². The van der Waals surface area contributed by atoms with Gasteiger partial charge in [0.05, 0.1) is 29.3 Å². The second kappa shape index (κ2) is 12.3. The summed E-state index contributed by atoms with van der Waals surface area (Å²) in [7, 11) is 0. The van der Waals surface area contributed by atoms with Gasteiger partial charge in [-0.25, -0.2) is 14.5 Å². The number of nitrogens with zero attached hydrogens (tertiary/aromatic N) is 4. The molecule has 5 heterocycles. The molecule has 0 bridgehead atoms. The summed E-state index contributed by atoms with van der Waals surface area (Å²) in [4.78, 5) is 37.6. The van der Waals surface area contributed by atoms with Gasteiger partial charge in [-0.2, -0.15) is 13.2 Å². The van der Waals surface area contributed by atoms with Gasteiger partial charge < -0.3 is 4.74 Å². The van der Waals surface area contributed by atoms with Crippen LogP contribution in [0.3, 0.4) is 0 Å². The molecule has 3 aromatic carbocycles. The van der Waals surface area contributed by atoms with Gasteiger partial charge in [-0.3, -0.25) is 19.3 Å². The van der Waals surface area contributed by atoms with Crippen LogP contribution in [0, 0.1) is 6.92 Å². The first-order chi connectivity index (χ1) is 23.7. The first kappa shape index (κ1) is 31.5. The van der Waals surface area contributed by atoms with Crippen LogP contribution in [0.15, 0.2) is 92.9 Å². The van der Waals surface area contributed by atoms with Gasteiger partial charge in [-0.15, -0.1) is 11.3 Å². The molecule has 4 aromatic heterocycles. The number of aryl methyl sites for hydroxylation is 1. The number of ether oxygens (including phenoxy) is 1. The topological polar surface area (TPSA) is 94.3 Å². The minimum absolute atomic E-state index is 0.0902. The van der Waals surface area contributed by atoms with E-state index in [4.69, 9.17) is 9.72 Å². The molecule has 0 amide bonds. The van der Waals surface area contributed by atoms with Crippen LogP contribution >= 0.6 is 23.1 Å². The molecule has 1 unspecified atom stereocenters. The van der Waals surface area contributed by atoms with E-state index in [1.165, 1.54) is 29.2 Å². The van der Waals surface area contributed by atoms with E-state index >= 15 is 0 Å². The summed E-state index contributed by atoms with van der Waals surface area (Å²) in [5.41, 5.74) is 1.14. The summed E-state index contributed by atoms with van der Waals surface area (Å²) in [6, 6.07) is 21.4. The van der Waals surface area contributed by atoms with E-state index < -0.39 is 17.4 Å². The molecule has 13 heteroatoms. The molecule has 248 valence electrons. The summed E-state index contributed by atoms with van der Waals surface area (Å²) in [6.07, 6.45) is -3.23. The number of halogens is 3. The number of benzene rings is 3. The van der Waals surface area contributed by atoms with Crippen molar-refractivity contribution in [3.63, 3.8) is 0 Å². The first-order valence-corrected chi connectivity index (χ1v) is 17.6. The smallest absolute Gasteiger partial charge is 0.376 e. The Hall–Kier alpha value is -4.72. The number of H-pyrrole nitrogens is 1. The number of thioether (sulfide) groups is 1. The van der Waals surface area contributed by atoms with Crippen LogP contribution in [0.1, 0.15) is 29.8 Å². The first-order valence-electron chi connectivity index (χ1n) is 15.7. The number of rotatable bonds is 7. The van der Waals surface area contributed by atoms with Gasteiger partial charge in [0.2, 0.25) is 0 Å². The zero-order valence-corrected chi connectivity index (χ0v) is 27.7. The number of alkyl halides is 3. The molecule has 8 rings (SSSR count). The zero-order chi connectivity index (χ0) is 33.9. The highest BCUT2D eigenvalue weighted by molar-refractivity contribution is 7.98. The molecule has 1 N–H and O–H groups in total. The quantitative estimate of drug-likeness (QED) is 0.134. The molecule has 1 saturated heterocycles. The highest BCUT2D eigenvalue weighted by Gasteiger charge is 2.38. The van der Waals surface area contributed by atoms with E-state index in [0.29, 0.717) is 39.5 Å². The number of hydrogen-bond donors (Lipinski definition) is 1. The summed E-state index contributed by atoms with van der Waals surface area (Å²) >= 11 is 2.59. The number of nitrogens with one attached hydrogen (secondary N) is 1. The third-order valence-electron chi connectivity index (χ3n) is 8.79. The van der Waals surface area contributed by atoms with Crippen molar-refractivity contribution in [1.29, 1.82) is 0 Å². The lowest BCUT2D eigenvalue weighted by Crippen LogP contribution is -2.28. The van der Waals surface area contributed by atoms with Crippen LogP contribution in [-0.2, 0) is 23.2 Å². The second-order valence-electron chi connectivity index (χ2n) is 12.1. The third kappa shape index (κ3) is 5.75. The Morgan fingerprint density at radius 3 is 2.59 bits per heavy atom. The Balaban J connectivity index is 1.23. The molecule has 49 heavy (non-hydrogen) atoms. The fourth-order valence-electron chi connectivity index (χ4n) is 6.42. The highest BCUT2D eigenvalue weighted by atomic mass is 32.2. The van der Waals surface area contributed by atoms with E-state index in [1.54, 1.807) is 28.8 Å². The van der Waals surface area contributed by atoms with E-state index in [-0.39, 0.29) is 34.3 Å². The van der Waals surface area contributed by atoms with E-state index in [2.05, 4.69) is 10.1 Å². The van der Waals surface area contributed by atoms with Crippen LogP contribution in [0.25, 0.3) is 48.9 Å². The molecule has 1 aliphatic rings. The number of aromatic amines is 1. The maximum atomic E-state index is 14.5. The van der Waals surface area contributed by atoms with Crippen molar-refractivity contribution in [2.75, 3.05) is 6.61 Å². The molecule has 1 fully saturated rings. The van der Waals surface area contributed by atoms with Crippen molar-refractivity contribution in [1.82, 2.24) is 24.1 Å². The number of aromatic nitrogens is 5. The Morgan fingerprint density at radius 1 is 1.02 bits per heavy atom. The molecule has 8 nitrogen and oxygen atoms in total. The third-order valence-corrected chi connectivity index (χ3v) is 10.7. The maximum Gasteiger partial charge on any atom is 0.433 e. The minimum Gasteiger partial charge on any atom is -0.376 e. The van der Waals surface area contributed by atoms with Crippen molar-refractivity contribution in [3.05, 3.63) is 116 Å². The van der Waals surface area contributed by atoms with E-state index in [9.17, 15) is 22.8 Å². The summed E-state index contributed by atoms with van der Waals surface area (Å²) < 4.78 is 51.7. The number of hydrogen-bond acceptors (Lipinski definition) is 7. The second-order valence-corrected chi connectivity index (χ2v) is 13.9. The van der Waals surface area contributed by atoms with Crippen LogP contribution in [0.5, 0.6) is 0 Å². The van der Waals surface area contributed by atoms with Crippen LogP contribution in [-0.4, -0.2) is 36.9 Å². The van der Waals surface area contributed by atoms with Gasteiger partial charge in [0.15, 0.2) is 10.8 Å². The number of thiophene rings is 1. The molecular formula is C36H28F3N5O3S2. The lowest BCUT2D eigenvalue weighted by atomic mass is 9.98. The Bertz CT molecular complexity index is 2490. The predicted octanol–water partition coefficient (Wildman–Crippen LogP) is 8.08. The van der Waals surface area contributed by atoms with Gasteiger partial charge in [0.25, 0.3) is 11.1 Å². The zero-order valence-electron chi connectivity index (χ0n) is 26.1. The highest BCUT2D eigenvalue weighted by Crippen LogP contribution is 2.41. The van der Waals surface area contributed by atoms with Gasteiger partial charge in [-0.05, 0) is 41.7 Å². The molecule has 1 atom stereocenters. The average Bonchev–Trinajstić information content (AvgIpc) is 3.85. The summed E-state index contributed by atoms with van der Waals surface area (Å²) in [5, 5.41) is 6.51. The van der Waals surface area contributed by atoms with Crippen LogP contribution in [0.2, 0.25) is 0 Å². The average molecular weight is 700 g/mol. The summed E-state index contributed by atoms with van der Waals surface area (Å²) in [5.74, 6) is 0.0902. The molecule has 0 radical (unpaired) electrons.